The number of fused-ring (bicyclic) bond motifs is 1. The summed E-state index contributed by atoms with van der Waals surface area (Å²) < 4.78 is 5.40. The highest BCUT2D eigenvalue weighted by Crippen LogP contribution is 2.29. The lowest BCUT2D eigenvalue weighted by Gasteiger charge is -2.02. The number of aryl methyl sites for hydroxylation is 1. The van der Waals surface area contributed by atoms with Crippen LogP contribution in [0, 0.1) is 6.92 Å². The molecule has 0 bridgehead atoms. The molecule has 0 aliphatic heterocycles. The van der Waals surface area contributed by atoms with Crippen molar-refractivity contribution in [2.45, 2.75) is 19.2 Å². The standard InChI is InChI=1S/C10H9Cl2NO/c1-5-3-7-4-8(6(2)11)13-10(12)9(7)14-5/h3-4,6H,1-2H3. The molecule has 0 N–H and O–H groups in total. The molecule has 2 rings (SSSR count). The highest BCUT2D eigenvalue weighted by Gasteiger charge is 2.11. The minimum atomic E-state index is -0.146. The molecule has 0 amide bonds. The SMILES string of the molecule is Cc1cc2cc(C(C)Cl)nc(Cl)c2o1. The fraction of sp³-hybridized carbons (Fsp3) is 0.300. The second-order valence-electron chi connectivity index (χ2n) is 3.23. The molecule has 4 heteroatoms. The molecule has 1 unspecified atom stereocenters. The van der Waals surface area contributed by atoms with E-state index in [9.17, 15) is 0 Å². The Morgan fingerprint density at radius 2 is 2.14 bits per heavy atom. The van der Waals surface area contributed by atoms with E-state index in [1.54, 1.807) is 0 Å². The molecule has 0 saturated heterocycles. The molecule has 0 fully saturated rings. The minimum absolute atomic E-state index is 0.146. The lowest BCUT2D eigenvalue weighted by molar-refractivity contribution is 0.577. The number of nitrogens with zero attached hydrogens (tertiary/aromatic N) is 1. The van der Waals surface area contributed by atoms with Crippen molar-refractivity contribution >= 4 is 34.2 Å². The Morgan fingerprint density at radius 1 is 1.43 bits per heavy atom. The topological polar surface area (TPSA) is 26.0 Å². The highest BCUT2D eigenvalue weighted by molar-refractivity contribution is 6.33. The van der Waals surface area contributed by atoms with Crippen LogP contribution >= 0.6 is 23.2 Å². The maximum atomic E-state index is 5.96. The van der Waals surface area contributed by atoms with Gasteiger partial charge < -0.3 is 4.42 Å². The van der Waals surface area contributed by atoms with E-state index in [0.717, 1.165) is 16.8 Å². The summed E-state index contributed by atoms with van der Waals surface area (Å²) in [6.07, 6.45) is 0. The van der Waals surface area contributed by atoms with Crippen molar-refractivity contribution in [3.8, 4) is 0 Å². The zero-order chi connectivity index (χ0) is 10.3. The van der Waals surface area contributed by atoms with Gasteiger partial charge in [-0.2, -0.15) is 0 Å². The lowest BCUT2D eigenvalue weighted by Crippen LogP contribution is -1.89. The summed E-state index contributed by atoms with van der Waals surface area (Å²) in [6, 6.07) is 3.82. The van der Waals surface area contributed by atoms with Crippen LogP contribution in [0.15, 0.2) is 16.5 Å². The molecule has 0 aliphatic carbocycles. The van der Waals surface area contributed by atoms with Crippen molar-refractivity contribution in [3.63, 3.8) is 0 Å². The third-order valence-electron chi connectivity index (χ3n) is 2.01. The average molecular weight is 230 g/mol. The van der Waals surface area contributed by atoms with E-state index in [2.05, 4.69) is 4.98 Å². The molecular formula is C10H9Cl2NO. The summed E-state index contributed by atoms with van der Waals surface area (Å²) >= 11 is 11.9. The third kappa shape index (κ3) is 1.60. The number of furan rings is 1. The lowest BCUT2D eigenvalue weighted by atomic mass is 10.2. The van der Waals surface area contributed by atoms with Crippen molar-refractivity contribution < 1.29 is 4.42 Å². The Kier molecular flexibility index (Phi) is 2.41. The molecule has 0 aromatic carbocycles. The van der Waals surface area contributed by atoms with E-state index < -0.39 is 0 Å². The zero-order valence-corrected chi connectivity index (χ0v) is 9.36. The van der Waals surface area contributed by atoms with Crippen molar-refractivity contribution in [1.82, 2.24) is 4.98 Å². The molecule has 2 heterocycles. The zero-order valence-electron chi connectivity index (χ0n) is 7.84. The maximum absolute atomic E-state index is 5.96. The Labute approximate surface area is 91.8 Å². The average Bonchev–Trinajstić information content (AvgIpc) is 2.45. The van der Waals surface area contributed by atoms with E-state index in [1.807, 2.05) is 26.0 Å². The minimum Gasteiger partial charge on any atom is -0.458 e. The number of hydrogen-bond donors (Lipinski definition) is 0. The van der Waals surface area contributed by atoms with Crippen LogP contribution in [-0.2, 0) is 0 Å². The molecule has 14 heavy (non-hydrogen) atoms. The molecule has 2 nitrogen and oxygen atoms in total. The Morgan fingerprint density at radius 3 is 2.79 bits per heavy atom. The molecule has 2 aromatic heterocycles. The summed E-state index contributed by atoms with van der Waals surface area (Å²) in [5.74, 6) is 0.822. The van der Waals surface area contributed by atoms with Crippen LogP contribution in [0.2, 0.25) is 5.15 Å². The molecule has 0 radical (unpaired) electrons. The summed E-state index contributed by atoms with van der Waals surface area (Å²) in [5.41, 5.74) is 1.40. The van der Waals surface area contributed by atoms with Crippen LogP contribution in [0.4, 0.5) is 0 Å². The van der Waals surface area contributed by atoms with Crippen molar-refractivity contribution in [1.29, 1.82) is 0 Å². The molecule has 1 atom stereocenters. The van der Waals surface area contributed by atoms with Crippen LogP contribution in [0.1, 0.15) is 23.8 Å². The number of hydrogen-bond acceptors (Lipinski definition) is 2. The van der Waals surface area contributed by atoms with Gasteiger partial charge in [-0.1, -0.05) is 11.6 Å². The second kappa shape index (κ2) is 3.44. The van der Waals surface area contributed by atoms with Gasteiger partial charge in [0.2, 0.25) is 0 Å². The molecular weight excluding hydrogens is 221 g/mol. The summed E-state index contributed by atoms with van der Waals surface area (Å²) in [5, 5.41) is 1.18. The highest BCUT2D eigenvalue weighted by atomic mass is 35.5. The Bertz CT molecular complexity index is 476. The molecule has 0 saturated carbocycles. The van der Waals surface area contributed by atoms with Gasteiger partial charge in [-0.3, -0.25) is 0 Å². The van der Waals surface area contributed by atoms with Crippen LogP contribution in [-0.4, -0.2) is 4.98 Å². The van der Waals surface area contributed by atoms with Crippen molar-refractivity contribution in [2.75, 3.05) is 0 Å². The van der Waals surface area contributed by atoms with Gasteiger partial charge in [0.15, 0.2) is 10.7 Å². The van der Waals surface area contributed by atoms with E-state index in [0.29, 0.717) is 10.7 Å². The van der Waals surface area contributed by atoms with Crippen LogP contribution < -0.4 is 0 Å². The van der Waals surface area contributed by atoms with E-state index in [-0.39, 0.29) is 5.38 Å². The van der Waals surface area contributed by atoms with Crippen molar-refractivity contribution in [2.24, 2.45) is 0 Å². The first-order valence-electron chi connectivity index (χ1n) is 4.28. The van der Waals surface area contributed by atoms with Gasteiger partial charge in [0.25, 0.3) is 0 Å². The van der Waals surface area contributed by atoms with E-state index in [1.165, 1.54) is 0 Å². The fourth-order valence-electron chi connectivity index (χ4n) is 1.36. The first-order valence-corrected chi connectivity index (χ1v) is 5.10. The van der Waals surface area contributed by atoms with Gasteiger partial charge >= 0.3 is 0 Å². The molecule has 0 spiro atoms. The fourth-order valence-corrected chi connectivity index (χ4v) is 1.72. The van der Waals surface area contributed by atoms with Gasteiger partial charge in [-0.05, 0) is 26.0 Å². The van der Waals surface area contributed by atoms with Gasteiger partial charge in [-0.25, -0.2) is 4.98 Å². The van der Waals surface area contributed by atoms with Crippen LogP contribution in [0.25, 0.3) is 11.0 Å². The number of aromatic nitrogens is 1. The molecule has 0 aliphatic rings. The first kappa shape index (κ1) is 9.81. The summed E-state index contributed by atoms with van der Waals surface area (Å²) in [6.45, 7) is 3.74. The number of pyridine rings is 1. The predicted molar refractivity (Wildman–Crippen MR) is 58.0 cm³/mol. The van der Waals surface area contributed by atoms with Crippen LogP contribution in [0.5, 0.6) is 0 Å². The van der Waals surface area contributed by atoms with E-state index in [4.69, 9.17) is 27.6 Å². The quantitative estimate of drug-likeness (QED) is 0.544. The van der Waals surface area contributed by atoms with Crippen LogP contribution in [0.3, 0.4) is 0 Å². The first-order chi connectivity index (χ1) is 6.58. The van der Waals surface area contributed by atoms with Gasteiger partial charge in [0, 0.05) is 5.39 Å². The van der Waals surface area contributed by atoms with Gasteiger partial charge in [-0.15, -0.1) is 11.6 Å². The monoisotopic (exact) mass is 229 g/mol. The predicted octanol–water partition coefficient (Wildman–Crippen LogP) is 4.09. The Hall–Kier alpha value is -0.730. The Balaban J connectivity index is 2.71. The van der Waals surface area contributed by atoms with Gasteiger partial charge in [0.05, 0.1) is 11.1 Å². The number of rotatable bonds is 1. The number of alkyl halides is 1. The largest absolute Gasteiger partial charge is 0.458 e. The van der Waals surface area contributed by atoms with E-state index >= 15 is 0 Å². The maximum Gasteiger partial charge on any atom is 0.172 e. The summed E-state index contributed by atoms with van der Waals surface area (Å²) in [4.78, 5) is 4.15. The van der Waals surface area contributed by atoms with Crippen molar-refractivity contribution in [3.05, 3.63) is 28.7 Å². The smallest absolute Gasteiger partial charge is 0.172 e. The summed E-state index contributed by atoms with van der Waals surface area (Å²) in [7, 11) is 0. The second-order valence-corrected chi connectivity index (χ2v) is 4.24. The molecule has 74 valence electrons. The normalized spacial score (nSPS) is 13.4. The third-order valence-corrected chi connectivity index (χ3v) is 2.49. The molecule has 2 aromatic rings. The number of halogens is 2. The van der Waals surface area contributed by atoms with Gasteiger partial charge in [0.1, 0.15) is 5.76 Å².